The van der Waals surface area contributed by atoms with E-state index in [0.29, 0.717) is 23.0 Å². The van der Waals surface area contributed by atoms with Crippen LogP contribution in [0.5, 0.6) is 0 Å². The summed E-state index contributed by atoms with van der Waals surface area (Å²) in [6.07, 6.45) is 6.61. The molecule has 1 heterocycles. The SMILES string of the molecule is NC(=O)c1cc(N)cnc1NCC1CCCC1. The lowest BCUT2D eigenvalue weighted by Crippen LogP contribution is -2.18. The van der Waals surface area contributed by atoms with Gasteiger partial charge < -0.3 is 16.8 Å². The second-order valence-electron chi connectivity index (χ2n) is 4.56. The maximum Gasteiger partial charge on any atom is 0.252 e. The lowest BCUT2D eigenvalue weighted by molar-refractivity contribution is 0.100. The third-order valence-electron chi connectivity index (χ3n) is 3.21. The fourth-order valence-corrected chi connectivity index (χ4v) is 2.27. The molecule has 2 rings (SSSR count). The Balaban J connectivity index is 2.06. The summed E-state index contributed by atoms with van der Waals surface area (Å²) < 4.78 is 0. The quantitative estimate of drug-likeness (QED) is 0.733. The van der Waals surface area contributed by atoms with Gasteiger partial charge in [0.05, 0.1) is 17.4 Å². The number of hydrogen-bond acceptors (Lipinski definition) is 4. The second-order valence-corrected chi connectivity index (χ2v) is 4.56. The molecule has 0 spiro atoms. The summed E-state index contributed by atoms with van der Waals surface area (Å²) in [4.78, 5) is 15.4. The highest BCUT2D eigenvalue weighted by Crippen LogP contribution is 2.25. The number of carbonyl (C=O) groups is 1. The van der Waals surface area contributed by atoms with E-state index in [0.717, 1.165) is 6.54 Å². The molecule has 0 aromatic carbocycles. The van der Waals surface area contributed by atoms with E-state index >= 15 is 0 Å². The number of nitrogens with zero attached hydrogens (tertiary/aromatic N) is 1. The Bertz CT molecular complexity index is 413. The molecule has 1 aliphatic rings. The zero-order valence-corrected chi connectivity index (χ0v) is 9.78. The van der Waals surface area contributed by atoms with Gasteiger partial charge in [-0.25, -0.2) is 4.98 Å². The molecule has 1 fully saturated rings. The van der Waals surface area contributed by atoms with Gasteiger partial charge in [0.15, 0.2) is 0 Å². The summed E-state index contributed by atoms with van der Waals surface area (Å²) >= 11 is 0. The highest BCUT2D eigenvalue weighted by molar-refractivity contribution is 5.98. The first-order valence-corrected chi connectivity index (χ1v) is 5.96. The number of aromatic nitrogens is 1. The first-order valence-electron chi connectivity index (χ1n) is 5.96. The lowest BCUT2D eigenvalue weighted by Gasteiger charge is -2.13. The Hall–Kier alpha value is -1.78. The summed E-state index contributed by atoms with van der Waals surface area (Å²) in [5, 5.41) is 3.20. The van der Waals surface area contributed by atoms with Crippen LogP contribution in [-0.2, 0) is 0 Å². The van der Waals surface area contributed by atoms with E-state index < -0.39 is 5.91 Å². The smallest absolute Gasteiger partial charge is 0.252 e. The summed E-state index contributed by atoms with van der Waals surface area (Å²) in [6, 6.07) is 1.56. The Morgan fingerprint density at radius 3 is 2.82 bits per heavy atom. The van der Waals surface area contributed by atoms with Gasteiger partial charge in [0.2, 0.25) is 0 Å². The van der Waals surface area contributed by atoms with Gasteiger partial charge >= 0.3 is 0 Å². The fraction of sp³-hybridized carbons (Fsp3) is 0.500. The Labute approximate surface area is 101 Å². The number of amides is 1. The van der Waals surface area contributed by atoms with Gasteiger partial charge in [-0.15, -0.1) is 0 Å². The number of hydrogen-bond donors (Lipinski definition) is 3. The number of primary amides is 1. The van der Waals surface area contributed by atoms with Gasteiger partial charge in [0.1, 0.15) is 5.82 Å². The van der Waals surface area contributed by atoms with E-state index in [1.807, 2.05) is 0 Å². The highest BCUT2D eigenvalue weighted by atomic mass is 16.1. The summed E-state index contributed by atoms with van der Waals surface area (Å²) in [7, 11) is 0. The predicted molar refractivity (Wildman–Crippen MR) is 67.6 cm³/mol. The molecular weight excluding hydrogens is 216 g/mol. The molecule has 1 aliphatic carbocycles. The van der Waals surface area contributed by atoms with E-state index in [2.05, 4.69) is 10.3 Å². The van der Waals surface area contributed by atoms with Crippen molar-refractivity contribution in [2.24, 2.45) is 11.7 Å². The Kier molecular flexibility index (Phi) is 3.46. The molecule has 17 heavy (non-hydrogen) atoms. The number of pyridine rings is 1. The molecule has 1 amide bonds. The van der Waals surface area contributed by atoms with E-state index in [9.17, 15) is 4.79 Å². The molecular formula is C12H18N4O. The minimum atomic E-state index is -0.501. The molecule has 0 unspecified atom stereocenters. The van der Waals surface area contributed by atoms with Crippen LogP contribution in [0.4, 0.5) is 11.5 Å². The molecule has 92 valence electrons. The summed E-state index contributed by atoms with van der Waals surface area (Å²) in [5.74, 6) is 0.715. The monoisotopic (exact) mass is 234 g/mol. The summed E-state index contributed by atoms with van der Waals surface area (Å²) in [5.41, 5.74) is 11.7. The minimum absolute atomic E-state index is 0.364. The lowest BCUT2D eigenvalue weighted by atomic mass is 10.1. The number of anilines is 2. The molecule has 0 atom stereocenters. The van der Waals surface area contributed by atoms with Crippen molar-refractivity contribution in [2.45, 2.75) is 25.7 Å². The van der Waals surface area contributed by atoms with E-state index in [1.54, 1.807) is 6.07 Å². The van der Waals surface area contributed by atoms with Gasteiger partial charge in [-0.3, -0.25) is 4.79 Å². The van der Waals surface area contributed by atoms with Gasteiger partial charge in [-0.2, -0.15) is 0 Å². The van der Waals surface area contributed by atoms with Crippen LogP contribution in [0, 0.1) is 5.92 Å². The molecule has 0 saturated heterocycles. The number of rotatable bonds is 4. The summed E-state index contributed by atoms with van der Waals surface area (Å²) in [6.45, 7) is 0.844. The van der Waals surface area contributed by atoms with Gasteiger partial charge in [-0.1, -0.05) is 12.8 Å². The van der Waals surface area contributed by atoms with Gasteiger partial charge in [0.25, 0.3) is 5.91 Å². The topological polar surface area (TPSA) is 94.0 Å². The average Bonchev–Trinajstić information content (AvgIpc) is 2.80. The van der Waals surface area contributed by atoms with Crippen LogP contribution in [-0.4, -0.2) is 17.4 Å². The Morgan fingerprint density at radius 2 is 2.18 bits per heavy atom. The molecule has 5 N–H and O–H groups in total. The molecule has 0 bridgehead atoms. The highest BCUT2D eigenvalue weighted by Gasteiger charge is 2.16. The minimum Gasteiger partial charge on any atom is -0.397 e. The first-order chi connectivity index (χ1) is 8.16. The van der Waals surface area contributed by atoms with Crippen molar-refractivity contribution in [1.82, 2.24) is 4.98 Å². The van der Waals surface area contributed by atoms with Crippen molar-refractivity contribution >= 4 is 17.4 Å². The van der Waals surface area contributed by atoms with Crippen molar-refractivity contribution in [3.8, 4) is 0 Å². The third kappa shape index (κ3) is 2.87. The van der Waals surface area contributed by atoms with Crippen LogP contribution in [0.15, 0.2) is 12.3 Å². The molecule has 0 radical (unpaired) electrons. The van der Waals surface area contributed by atoms with Crippen LogP contribution < -0.4 is 16.8 Å². The predicted octanol–water partition coefficient (Wildman–Crippen LogP) is 1.36. The normalized spacial score (nSPS) is 16.0. The molecule has 1 aromatic heterocycles. The number of nitrogen functional groups attached to an aromatic ring is 1. The van der Waals surface area contributed by atoms with E-state index in [4.69, 9.17) is 11.5 Å². The molecule has 1 aromatic rings. The first kappa shape index (κ1) is 11.7. The Morgan fingerprint density at radius 1 is 1.47 bits per heavy atom. The van der Waals surface area contributed by atoms with Crippen molar-refractivity contribution in [1.29, 1.82) is 0 Å². The molecule has 5 nitrogen and oxygen atoms in total. The van der Waals surface area contributed by atoms with Crippen LogP contribution in [0.25, 0.3) is 0 Å². The average molecular weight is 234 g/mol. The largest absolute Gasteiger partial charge is 0.397 e. The zero-order chi connectivity index (χ0) is 12.3. The molecule has 5 heteroatoms. The maximum atomic E-state index is 11.3. The van der Waals surface area contributed by atoms with Crippen LogP contribution in [0.2, 0.25) is 0 Å². The zero-order valence-electron chi connectivity index (χ0n) is 9.78. The van der Waals surface area contributed by atoms with Gasteiger partial charge in [0, 0.05) is 6.54 Å². The molecule has 1 saturated carbocycles. The van der Waals surface area contributed by atoms with Crippen LogP contribution >= 0.6 is 0 Å². The van der Waals surface area contributed by atoms with Crippen molar-refractivity contribution in [2.75, 3.05) is 17.6 Å². The van der Waals surface area contributed by atoms with Gasteiger partial charge in [-0.05, 0) is 24.8 Å². The number of carbonyl (C=O) groups excluding carboxylic acids is 1. The second kappa shape index (κ2) is 5.03. The third-order valence-corrected chi connectivity index (χ3v) is 3.21. The standard InChI is InChI=1S/C12H18N4O/c13-9-5-10(11(14)17)12(16-7-9)15-6-8-3-1-2-4-8/h5,7-8H,1-4,6,13H2,(H2,14,17)(H,15,16). The number of nitrogens with two attached hydrogens (primary N) is 2. The molecule has 0 aliphatic heterocycles. The number of nitrogens with one attached hydrogen (secondary N) is 1. The van der Waals surface area contributed by atoms with Crippen molar-refractivity contribution in [3.05, 3.63) is 17.8 Å². The fourth-order valence-electron chi connectivity index (χ4n) is 2.27. The van der Waals surface area contributed by atoms with E-state index in [1.165, 1.54) is 31.9 Å². The maximum absolute atomic E-state index is 11.3. The van der Waals surface area contributed by atoms with Crippen molar-refractivity contribution in [3.63, 3.8) is 0 Å². The van der Waals surface area contributed by atoms with E-state index in [-0.39, 0.29) is 0 Å². The van der Waals surface area contributed by atoms with Crippen molar-refractivity contribution < 1.29 is 4.79 Å². The van der Waals surface area contributed by atoms with Crippen LogP contribution in [0.1, 0.15) is 36.0 Å². The van der Waals surface area contributed by atoms with Crippen LogP contribution in [0.3, 0.4) is 0 Å².